The van der Waals surface area contributed by atoms with E-state index in [-0.39, 0.29) is 5.56 Å². The molecule has 0 radical (unpaired) electrons. The van der Waals surface area contributed by atoms with E-state index in [2.05, 4.69) is 9.47 Å². The van der Waals surface area contributed by atoms with Crippen molar-refractivity contribution >= 4 is 17.5 Å². The lowest BCUT2D eigenvalue weighted by Gasteiger charge is -2.14. The zero-order chi connectivity index (χ0) is 16.9. The molecule has 0 bridgehead atoms. The number of carbonyl (C=O) groups excluding carboxylic acids is 3. The minimum Gasteiger partial charge on any atom is -0.468 e. The smallest absolute Gasteiger partial charge is 0.468 e. The van der Waals surface area contributed by atoms with Crippen LogP contribution in [-0.2, 0) is 14.3 Å². The number of alkyl halides is 3. The highest BCUT2D eigenvalue weighted by Crippen LogP contribution is 2.28. The number of para-hydroxylation sites is 1. The van der Waals surface area contributed by atoms with Gasteiger partial charge in [-0.3, -0.25) is 14.4 Å². The number of methoxy groups -OCH3 is 1. The summed E-state index contributed by atoms with van der Waals surface area (Å²) in [7, 11) is 1.05. The summed E-state index contributed by atoms with van der Waals surface area (Å²) in [5.41, 5.74) is -0.366. The number of Topliss-reactive ketones (excluding diaryl/α,β-unsaturated/α-hetero) is 2. The van der Waals surface area contributed by atoms with E-state index in [9.17, 15) is 27.6 Å². The molecule has 22 heavy (non-hydrogen) atoms. The Bertz CT molecular complexity index is 580. The maximum Gasteiger partial charge on any atom is 0.573 e. The van der Waals surface area contributed by atoms with E-state index >= 15 is 0 Å². The maximum absolute atomic E-state index is 12.3. The van der Waals surface area contributed by atoms with Gasteiger partial charge in [0.15, 0.2) is 5.78 Å². The Morgan fingerprint density at radius 2 is 1.77 bits per heavy atom. The van der Waals surface area contributed by atoms with E-state index in [4.69, 9.17) is 0 Å². The average Bonchev–Trinajstić information content (AvgIpc) is 2.42. The van der Waals surface area contributed by atoms with Gasteiger partial charge in [-0.2, -0.15) is 0 Å². The Morgan fingerprint density at radius 1 is 1.18 bits per heavy atom. The summed E-state index contributed by atoms with van der Waals surface area (Å²) in [5.74, 6) is -4.42. The lowest BCUT2D eigenvalue weighted by atomic mass is 9.95. The van der Waals surface area contributed by atoms with Crippen molar-refractivity contribution in [2.75, 3.05) is 7.11 Å². The standard InChI is InChI=1S/C14H13F3O5/c1-8(18)10(13(20)21-2)7-11(19)9-5-3-4-6-12(9)22-14(15,16)17/h3-6,10H,7H2,1-2H3. The van der Waals surface area contributed by atoms with Gasteiger partial charge >= 0.3 is 12.3 Å². The lowest BCUT2D eigenvalue weighted by Crippen LogP contribution is -2.26. The van der Waals surface area contributed by atoms with Gasteiger partial charge in [-0.1, -0.05) is 12.1 Å². The summed E-state index contributed by atoms with van der Waals surface area (Å²) in [5, 5.41) is 0. The van der Waals surface area contributed by atoms with Gasteiger partial charge in [0, 0.05) is 6.42 Å². The highest BCUT2D eigenvalue weighted by molar-refractivity contribution is 6.06. The molecule has 1 aromatic carbocycles. The van der Waals surface area contributed by atoms with E-state index in [0.717, 1.165) is 26.2 Å². The molecule has 5 nitrogen and oxygen atoms in total. The largest absolute Gasteiger partial charge is 0.573 e. The van der Waals surface area contributed by atoms with Crippen LogP contribution in [-0.4, -0.2) is 31.0 Å². The first-order chi connectivity index (χ1) is 10.2. The van der Waals surface area contributed by atoms with Gasteiger partial charge in [0.05, 0.1) is 12.7 Å². The molecule has 0 aliphatic heterocycles. The van der Waals surface area contributed by atoms with Gasteiger partial charge < -0.3 is 9.47 Å². The van der Waals surface area contributed by atoms with Gasteiger partial charge in [0.2, 0.25) is 0 Å². The number of esters is 1. The molecule has 0 aromatic heterocycles. The fourth-order valence-corrected chi connectivity index (χ4v) is 1.74. The molecule has 1 rings (SSSR count). The number of hydrogen-bond acceptors (Lipinski definition) is 5. The minimum atomic E-state index is -4.96. The molecule has 1 atom stereocenters. The monoisotopic (exact) mass is 318 g/mol. The molecule has 0 N–H and O–H groups in total. The third-order valence-electron chi connectivity index (χ3n) is 2.78. The summed E-state index contributed by atoms with van der Waals surface area (Å²) < 4.78 is 45.0. The normalized spacial score (nSPS) is 12.4. The van der Waals surface area contributed by atoms with Crippen molar-refractivity contribution in [1.82, 2.24) is 0 Å². The molecular formula is C14H13F3O5. The zero-order valence-electron chi connectivity index (χ0n) is 11.8. The molecule has 0 spiro atoms. The number of halogens is 3. The molecule has 0 amide bonds. The Balaban J connectivity index is 3.03. The molecule has 0 heterocycles. The number of benzene rings is 1. The van der Waals surface area contributed by atoms with Crippen LogP contribution in [0.5, 0.6) is 5.75 Å². The Hall–Kier alpha value is -2.38. The Kier molecular flexibility index (Phi) is 5.67. The van der Waals surface area contributed by atoms with Crippen molar-refractivity contribution in [3.05, 3.63) is 29.8 Å². The number of hydrogen-bond donors (Lipinski definition) is 0. The van der Waals surface area contributed by atoms with Crippen molar-refractivity contribution in [2.45, 2.75) is 19.7 Å². The predicted molar refractivity (Wildman–Crippen MR) is 68.3 cm³/mol. The molecule has 1 unspecified atom stereocenters. The van der Waals surface area contributed by atoms with Crippen molar-refractivity contribution in [2.24, 2.45) is 5.92 Å². The van der Waals surface area contributed by atoms with Crippen molar-refractivity contribution in [3.8, 4) is 5.75 Å². The van der Waals surface area contributed by atoms with Crippen LogP contribution >= 0.6 is 0 Å². The maximum atomic E-state index is 12.3. The van der Waals surface area contributed by atoms with Crippen LogP contribution in [0.2, 0.25) is 0 Å². The van der Waals surface area contributed by atoms with Crippen LogP contribution in [0.4, 0.5) is 13.2 Å². The third kappa shape index (κ3) is 4.87. The molecule has 0 fully saturated rings. The van der Waals surface area contributed by atoms with Crippen LogP contribution in [0.1, 0.15) is 23.7 Å². The van der Waals surface area contributed by atoms with Crippen LogP contribution in [0, 0.1) is 5.92 Å². The molecule has 0 saturated carbocycles. The van der Waals surface area contributed by atoms with Gasteiger partial charge in [-0.25, -0.2) is 0 Å². The van der Waals surface area contributed by atoms with Crippen LogP contribution < -0.4 is 4.74 Å². The number of rotatable bonds is 6. The Morgan fingerprint density at radius 3 is 2.27 bits per heavy atom. The average molecular weight is 318 g/mol. The van der Waals surface area contributed by atoms with Crippen LogP contribution in [0.3, 0.4) is 0 Å². The summed E-state index contributed by atoms with van der Waals surface area (Å²) in [6, 6.07) is 4.71. The van der Waals surface area contributed by atoms with E-state index in [1.165, 1.54) is 12.1 Å². The molecule has 0 saturated heterocycles. The van der Waals surface area contributed by atoms with Crippen molar-refractivity contribution in [1.29, 1.82) is 0 Å². The fraction of sp³-hybridized carbons (Fsp3) is 0.357. The second-order valence-corrected chi connectivity index (χ2v) is 4.36. The number of ketones is 2. The van der Waals surface area contributed by atoms with Crippen molar-refractivity contribution in [3.63, 3.8) is 0 Å². The van der Waals surface area contributed by atoms with Gasteiger partial charge in [0.25, 0.3) is 0 Å². The van der Waals surface area contributed by atoms with E-state index < -0.39 is 42.0 Å². The summed E-state index contributed by atoms with van der Waals surface area (Å²) in [4.78, 5) is 34.9. The fourth-order valence-electron chi connectivity index (χ4n) is 1.74. The van der Waals surface area contributed by atoms with Crippen LogP contribution in [0.15, 0.2) is 24.3 Å². The molecule has 0 aliphatic rings. The molecule has 120 valence electrons. The zero-order valence-corrected chi connectivity index (χ0v) is 11.8. The van der Waals surface area contributed by atoms with E-state index in [1.807, 2.05) is 0 Å². The molecule has 8 heteroatoms. The topological polar surface area (TPSA) is 69.7 Å². The second kappa shape index (κ2) is 7.06. The van der Waals surface area contributed by atoms with E-state index in [1.54, 1.807) is 0 Å². The summed E-state index contributed by atoms with van der Waals surface area (Å²) >= 11 is 0. The summed E-state index contributed by atoms with van der Waals surface area (Å²) in [6.07, 6.45) is -5.56. The molecular weight excluding hydrogens is 305 g/mol. The first kappa shape index (κ1) is 17.7. The summed E-state index contributed by atoms with van der Waals surface area (Å²) in [6.45, 7) is 1.09. The predicted octanol–water partition coefficient (Wildman–Crippen LogP) is 2.54. The van der Waals surface area contributed by atoms with Crippen LogP contribution in [0.25, 0.3) is 0 Å². The highest BCUT2D eigenvalue weighted by Gasteiger charge is 2.34. The number of carbonyl (C=O) groups is 3. The SMILES string of the molecule is COC(=O)C(CC(=O)c1ccccc1OC(F)(F)F)C(C)=O. The Labute approximate surface area is 124 Å². The van der Waals surface area contributed by atoms with Crippen molar-refractivity contribution < 1.29 is 37.0 Å². The first-order valence-corrected chi connectivity index (χ1v) is 6.12. The van der Waals surface area contributed by atoms with E-state index in [0.29, 0.717) is 0 Å². The number of ether oxygens (including phenoxy) is 2. The third-order valence-corrected chi connectivity index (χ3v) is 2.78. The lowest BCUT2D eigenvalue weighted by molar-refractivity contribution is -0.274. The molecule has 0 aliphatic carbocycles. The highest BCUT2D eigenvalue weighted by atomic mass is 19.4. The second-order valence-electron chi connectivity index (χ2n) is 4.36. The van der Waals surface area contributed by atoms with Gasteiger partial charge in [-0.05, 0) is 19.1 Å². The first-order valence-electron chi connectivity index (χ1n) is 6.12. The van der Waals surface area contributed by atoms with Gasteiger partial charge in [0.1, 0.15) is 17.5 Å². The molecule has 1 aromatic rings. The van der Waals surface area contributed by atoms with Gasteiger partial charge in [-0.15, -0.1) is 13.2 Å². The minimum absolute atomic E-state index is 0.366. The quantitative estimate of drug-likeness (QED) is 0.458.